The second kappa shape index (κ2) is 5.44. The van der Waals surface area contributed by atoms with Crippen LogP contribution in [0.2, 0.25) is 0 Å². The maximum absolute atomic E-state index is 12.1. The second-order valence-corrected chi connectivity index (χ2v) is 4.35. The van der Waals surface area contributed by atoms with Crippen LogP contribution in [0.4, 0.5) is 17.1 Å². The minimum absolute atomic E-state index is 0.234. The van der Waals surface area contributed by atoms with Crippen molar-refractivity contribution in [2.75, 3.05) is 16.8 Å². The highest BCUT2D eigenvalue weighted by Crippen LogP contribution is 2.18. The average Bonchev–Trinajstić information content (AvgIpc) is 2.39. The van der Waals surface area contributed by atoms with Gasteiger partial charge in [0.2, 0.25) is 0 Å². The highest BCUT2D eigenvalue weighted by atomic mass is 16.1. The summed E-state index contributed by atoms with van der Waals surface area (Å²) in [5.74, 6) is -0.234. The summed E-state index contributed by atoms with van der Waals surface area (Å²) >= 11 is 0. The minimum Gasteiger partial charge on any atom is -0.399 e. The highest BCUT2D eigenvalue weighted by Gasteiger charge is 2.09. The number of benzene rings is 2. The van der Waals surface area contributed by atoms with E-state index >= 15 is 0 Å². The summed E-state index contributed by atoms with van der Waals surface area (Å²) in [4.78, 5) is 12.1. The van der Waals surface area contributed by atoms with Crippen LogP contribution in [-0.2, 0) is 6.42 Å². The van der Waals surface area contributed by atoms with E-state index in [1.165, 1.54) is 5.56 Å². The van der Waals surface area contributed by atoms with E-state index in [1.807, 2.05) is 24.3 Å². The summed E-state index contributed by atoms with van der Waals surface area (Å²) in [5.41, 5.74) is 14.7. The molecule has 0 atom stereocenters. The van der Waals surface area contributed by atoms with E-state index in [2.05, 4.69) is 12.2 Å². The lowest BCUT2D eigenvalue weighted by Crippen LogP contribution is -2.14. The summed E-state index contributed by atoms with van der Waals surface area (Å²) in [7, 11) is 0. The number of carbonyl (C=O) groups excluding carboxylic acids is 1. The van der Waals surface area contributed by atoms with Crippen LogP contribution in [0.3, 0.4) is 0 Å². The van der Waals surface area contributed by atoms with Crippen molar-refractivity contribution in [2.24, 2.45) is 0 Å². The highest BCUT2D eigenvalue weighted by molar-refractivity contribution is 6.08. The lowest BCUT2D eigenvalue weighted by molar-refractivity contribution is 0.102. The average molecular weight is 255 g/mol. The number of nitrogens with one attached hydrogen (secondary N) is 1. The van der Waals surface area contributed by atoms with Crippen molar-refractivity contribution in [1.82, 2.24) is 0 Å². The van der Waals surface area contributed by atoms with Gasteiger partial charge in [-0.05, 0) is 42.3 Å². The Labute approximate surface area is 112 Å². The number of hydrogen-bond acceptors (Lipinski definition) is 3. The van der Waals surface area contributed by atoms with Gasteiger partial charge in [0.1, 0.15) is 0 Å². The fourth-order valence-electron chi connectivity index (χ4n) is 1.81. The molecule has 0 unspecified atom stereocenters. The Bertz CT molecular complexity index is 591. The van der Waals surface area contributed by atoms with E-state index in [0.717, 1.165) is 12.1 Å². The van der Waals surface area contributed by atoms with Crippen LogP contribution in [0.15, 0.2) is 42.5 Å². The van der Waals surface area contributed by atoms with Crippen LogP contribution in [0.1, 0.15) is 22.8 Å². The van der Waals surface area contributed by atoms with Gasteiger partial charge in [0, 0.05) is 17.1 Å². The minimum atomic E-state index is -0.234. The lowest BCUT2D eigenvalue weighted by Gasteiger charge is -2.08. The predicted molar refractivity (Wildman–Crippen MR) is 79.0 cm³/mol. The van der Waals surface area contributed by atoms with Gasteiger partial charge in [0.25, 0.3) is 5.91 Å². The molecule has 2 aromatic rings. The summed E-state index contributed by atoms with van der Waals surface area (Å²) in [6.45, 7) is 2.09. The van der Waals surface area contributed by atoms with E-state index in [0.29, 0.717) is 16.9 Å². The lowest BCUT2D eigenvalue weighted by atomic mass is 10.1. The standard InChI is InChI=1S/C15H17N3O/c1-2-10-3-6-12(7-4-10)18-15(19)13-8-5-11(16)9-14(13)17/h3-9H,2,16-17H2,1H3,(H,18,19). The number of rotatable bonds is 3. The molecular formula is C15H17N3O. The summed E-state index contributed by atoms with van der Waals surface area (Å²) in [6.07, 6.45) is 0.971. The van der Waals surface area contributed by atoms with Crippen LogP contribution in [0, 0.1) is 0 Å². The fourth-order valence-corrected chi connectivity index (χ4v) is 1.81. The van der Waals surface area contributed by atoms with Crippen molar-refractivity contribution < 1.29 is 4.79 Å². The third-order valence-corrected chi connectivity index (χ3v) is 2.94. The van der Waals surface area contributed by atoms with Crippen molar-refractivity contribution in [3.05, 3.63) is 53.6 Å². The van der Waals surface area contributed by atoms with Crippen molar-refractivity contribution in [2.45, 2.75) is 13.3 Å². The largest absolute Gasteiger partial charge is 0.399 e. The van der Waals surface area contributed by atoms with Gasteiger partial charge in [0.05, 0.1) is 5.56 Å². The molecule has 1 amide bonds. The Morgan fingerprint density at radius 3 is 2.37 bits per heavy atom. The number of anilines is 3. The molecule has 4 heteroatoms. The van der Waals surface area contributed by atoms with E-state index in [1.54, 1.807) is 18.2 Å². The fraction of sp³-hybridized carbons (Fsp3) is 0.133. The Kier molecular flexibility index (Phi) is 3.71. The zero-order valence-corrected chi connectivity index (χ0v) is 10.8. The molecule has 0 aromatic heterocycles. The first-order valence-electron chi connectivity index (χ1n) is 6.15. The third-order valence-electron chi connectivity index (χ3n) is 2.94. The van der Waals surface area contributed by atoms with Crippen LogP contribution in [-0.4, -0.2) is 5.91 Å². The molecular weight excluding hydrogens is 238 g/mol. The van der Waals surface area contributed by atoms with Crippen molar-refractivity contribution in [1.29, 1.82) is 0 Å². The number of nitrogen functional groups attached to an aromatic ring is 2. The van der Waals surface area contributed by atoms with Gasteiger partial charge in [-0.1, -0.05) is 19.1 Å². The first-order chi connectivity index (χ1) is 9.10. The number of amides is 1. The van der Waals surface area contributed by atoms with Gasteiger partial charge in [-0.3, -0.25) is 4.79 Å². The molecule has 19 heavy (non-hydrogen) atoms. The second-order valence-electron chi connectivity index (χ2n) is 4.35. The molecule has 2 aromatic carbocycles. The molecule has 0 spiro atoms. The molecule has 0 bridgehead atoms. The molecule has 2 rings (SSSR count). The van der Waals surface area contributed by atoms with Gasteiger partial charge >= 0.3 is 0 Å². The smallest absolute Gasteiger partial charge is 0.257 e. The number of aryl methyl sites for hydroxylation is 1. The Morgan fingerprint density at radius 1 is 1.11 bits per heavy atom. The first-order valence-corrected chi connectivity index (χ1v) is 6.15. The van der Waals surface area contributed by atoms with Crippen LogP contribution in [0.5, 0.6) is 0 Å². The monoisotopic (exact) mass is 255 g/mol. The number of hydrogen-bond donors (Lipinski definition) is 3. The topological polar surface area (TPSA) is 81.1 Å². The molecule has 0 aliphatic rings. The molecule has 0 saturated heterocycles. The molecule has 4 nitrogen and oxygen atoms in total. The number of carbonyl (C=O) groups is 1. The van der Waals surface area contributed by atoms with Gasteiger partial charge < -0.3 is 16.8 Å². The summed E-state index contributed by atoms with van der Waals surface area (Å²) < 4.78 is 0. The van der Waals surface area contributed by atoms with Gasteiger partial charge in [-0.2, -0.15) is 0 Å². The molecule has 0 fully saturated rings. The molecule has 5 N–H and O–H groups in total. The van der Waals surface area contributed by atoms with E-state index in [4.69, 9.17) is 11.5 Å². The molecule has 0 heterocycles. The van der Waals surface area contributed by atoms with Gasteiger partial charge in [0.15, 0.2) is 0 Å². The third kappa shape index (κ3) is 3.04. The summed E-state index contributed by atoms with van der Waals surface area (Å²) in [6, 6.07) is 12.6. The molecule has 98 valence electrons. The Balaban J connectivity index is 2.15. The Hall–Kier alpha value is -2.49. The maximum atomic E-state index is 12.1. The Morgan fingerprint density at radius 2 is 1.79 bits per heavy atom. The predicted octanol–water partition coefficient (Wildman–Crippen LogP) is 2.67. The van der Waals surface area contributed by atoms with Gasteiger partial charge in [-0.25, -0.2) is 0 Å². The van der Waals surface area contributed by atoms with Crippen LogP contribution >= 0.6 is 0 Å². The molecule has 0 aliphatic carbocycles. The van der Waals surface area contributed by atoms with E-state index < -0.39 is 0 Å². The molecule has 0 saturated carbocycles. The quantitative estimate of drug-likeness (QED) is 0.737. The normalized spacial score (nSPS) is 10.2. The van der Waals surface area contributed by atoms with Crippen molar-refractivity contribution >= 4 is 23.0 Å². The zero-order valence-electron chi connectivity index (χ0n) is 10.8. The number of nitrogens with two attached hydrogens (primary N) is 2. The SMILES string of the molecule is CCc1ccc(NC(=O)c2ccc(N)cc2N)cc1. The van der Waals surface area contributed by atoms with Crippen molar-refractivity contribution in [3.8, 4) is 0 Å². The van der Waals surface area contributed by atoms with E-state index in [9.17, 15) is 4.79 Å². The molecule has 0 aliphatic heterocycles. The molecule has 0 radical (unpaired) electrons. The summed E-state index contributed by atoms with van der Waals surface area (Å²) in [5, 5.41) is 2.81. The maximum Gasteiger partial charge on any atom is 0.257 e. The van der Waals surface area contributed by atoms with Crippen LogP contribution < -0.4 is 16.8 Å². The van der Waals surface area contributed by atoms with E-state index in [-0.39, 0.29) is 5.91 Å². The first kappa shape index (κ1) is 13.0. The zero-order chi connectivity index (χ0) is 13.8. The van der Waals surface area contributed by atoms with Crippen LogP contribution in [0.25, 0.3) is 0 Å². The van der Waals surface area contributed by atoms with Gasteiger partial charge in [-0.15, -0.1) is 0 Å². The van der Waals surface area contributed by atoms with Crippen molar-refractivity contribution in [3.63, 3.8) is 0 Å².